The average molecular weight is 411 g/mol. The highest BCUT2D eigenvalue weighted by molar-refractivity contribution is 5.67. The van der Waals surface area contributed by atoms with Crippen molar-refractivity contribution in [2.45, 2.75) is 77.9 Å². The molecule has 0 unspecified atom stereocenters. The molecule has 0 aliphatic rings. The molecule has 2 aromatic rings. The largest absolute Gasteiger partial charge is 0.444 e. The molecule has 0 atom stereocenters. The van der Waals surface area contributed by atoms with Crippen LogP contribution in [-0.4, -0.2) is 17.6 Å². The van der Waals surface area contributed by atoms with Crippen LogP contribution in [0.15, 0.2) is 60.7 Å². The molecule has 1 amide bonds. The van der Waals surface area contributed by atoms with Gasteiger partial charge in [0, 0.05) is 13.1 Å². The number of hydrazine groups is 1. The van der Waals surface area contributed by atoms with Gasteiger partial charge in [0.05, 0.1) is 0 Å². The highest BCUT2D eigenvalue weighted by atomic mass is 16.6. The van der Waals surface area contributed by atoms with E-state index in [4.69, 9.17) is 4.74 Å². The van der Waals surface area contributed by atoms with Crippen molar-refractivity contribution in [3.05, 3.63) is 71.8 Å². The Balaban J connectivity index is 1.73. The van der Waals surface area contributed by atoms with Gasteiger partial charge in [-0.05, 0) is 17.5 Å². The summed E-state index contributed by atoms with van der Waals surface area (Å²) in [4.78, 5) is 12.6. The smallest absolute Gasteiger partial charge is 0.424 e. The van der Waals surface area contributed by atoms with Gasteiger partial charge in [0.15, 0.2) is 0 Å². The molecule has 0 fully saturated rings. The highest BCUT2D eigenvalue weighted by Gasteiger charge is 2.14. The van der Waals surface area contributed by atoms with E-state index < -0.39 is 0 Å². The average Bonchev–Trinajstić information content (AvgIpc) is 2.79. The summed E-state index contributed by atoms with van der Waals surface area (Å²) in [7, 11) is 0. The lowest BCUT2D eigenvalue weighted by atomic mass is 10.1. The van der Waals surface area contributed by atoms with Gasteiger partial charge in [-0.25, -0.2) is 15.2 Å². The fraction of sp³-hybridized carbons (Fsp3) is 0.500. The lowest BCUT2D eigenvalue weighted by Gasteiger charge is -2.23. The molecule has 4 heteroatoms. The normalized spacial score (nSPS) is 10.7. The third-order valence-corrected chi connectivity index (χ3v) is 5.23. The second-order valence-electron chi connectivity index (χ2n) is 7.84. The minimum absolute atomic E-state index is 0.293. The first kappa shape index (κ1) is 23.9. The molecule has 0 aromatic heterocycles. The van der Waals surface area contributed by atoms with Crippen LogP contribution in [0, 0.1) is 0 Å². The van der Waals surface area contributed by atoms with E-state index in [1.54, 1.807) is 5.01 Å². The summed E-state index contributed by atoms with van der Waals surface area (Å²) >= 11 is 0. The van der Waals surface area contributed by atoms with Crippen LogP contribution >= 0.6 is 0 Å². The lowest BCUT2D eigenvalue weighted by Crippen LogP contribution is -2.43. The maximum atomic E-state index is 12.6. The summed E-state index contributed by atoms with van der Waals surface area (Å²) in [5.74, 6) is 0. The summed E-state index contributed by atoms with van der Waals surface area (Å²) in [6, 6.07) is 19.9. The van der Waals surface area contributed by atoms with E-state index in [0.29, 0.717) is 19.7 Å². The number of rotatable bonds is 15. The van der Waals surface area contributed by atoms with Crippen molar-refractivity contribution < 1.29 is 9.53 Å². The van der Waals surface area contributed by atoms with Gasteiger partial charge in [-0.3, -0.25) is 0 Å². The molecule has 0 aliphatic heterocycles. The van der Waals surface area contributed by atoms with E-state index in [9.17, 15) is 4.79 Å². The van der Waals surface area contributed by atoms with Crippen LogP contribution in [0.2, 0.25) is 0 Å². The quantitative estimate of drug-likeness (QED) is 0.257. The Labute approximate surface area is 182 Å². The molecule has 2 rings (SSSR count). The molecule has 1 N–H and O–H groups in total. The lowest BCUT2D eigenvalue weighted by molar-refractivity contribution is 0.0747. The number of hydrogen-bond acceptors (Lipinski definition) is 3. The molecular formula is C26H38N2O2. The number of amides is 1. The Morgan fingerprint density at radius 2 is 1.30 bits per heavy atom. The number of benzene rings is 2. The van der Waals surface area contributed by atoms with Gasteiger partial charge < -0.3 is 4.74 Å². The van der Waals surface area contributed by atoms with Gasteiger partial charge in [0.2, 0.25) is 0 Å². The Kier molecular flexibility index (Phi) is 12.4. The van der Waals surface area contributed by atoms with Crippen molar-refractivity contribution in [2.24, 2.45) is 0 Å². The number of carbonyl (C=O) groups is 1. The van der Waals surface area contributed by atoms with Crippen molar-refractivity contribution in [2.75, 3.05) is 6.54 Å². The minimum atomic E-state index is -0.311. The Bertz CT molecular complexity index is 676. The van der Waals surface area contributed by atoms with Crippen LogP contribution < -0.4 is 5.43 Å². The third-order valence-electron chi connectivity index (χ3n) is 5.23. The second kappa shape index (κ2) is 15.5. The van der Waals surface area contributed by atoms with Crippen molar-refractivity contribution >= 4 is 6.09 Å². The molecule has 0 saturated heterocycles. The molecule has 0 saturated carbocycles. The van der Waals surface area contributed by atoms with Crippen LogP contribution in [0.5, 0.6) is 0 Å². The van der Waals surface area contributed by atoms with E-state index in [1.807, 2.05) is 48.5 Å². The van der Waals surface area contributed by atoms with Crippen molar-refractivity contribution in [1.29, 1.82) is 0 Å². The first-order chi connectivity index (χ1) is 14.8. The zero-order valence-corrected chi connectivity index (χ0v) is 18.5. The van der Waals surface area contributed by atoms with E-state index >= 15 is 0 Å². The standard InChI is InChI=1S/C26H38N2O2/c1-2-3-4-5-6-7-8-9-16-21-28(27-22-24-17-12-10-13-18-24)26(29)30-23-25-19-14-11-15-20-25/h10-15,17-20,27H,2-9,16,21-23H2,1H3. The number of nitrogens with one attached hydrogen (secondary N) is 1. The van der Waals surface area contributed by atoms with Crippen molar-refractivity contribution in [3.8, 4) is 0 Å². The number of unbranched alkanes of at least 4 members (excludes halogenated alkanes) is 8. The van der Waals surface area contributed by atoms with Gasteiger partial charge in [-0.15, -0.1) is 0 Å². The van der Waals surface area contributed by atoms with Crippen LogP contribution in [0.4, 0.5) is 4.79 Å². The van der Waals surface area contributed by atoms with Crippen LogP contribution in [0.1, 0.15) is 75.8 Å². The minimum Gasteiger partial charge on any atom is -0.444 e. The summed E-state index contributed by atoms with van der Waals surface area (Å²) in [5.41, 5.74) is 5.40. The molecule has 0 heterocycles. The molecule has 4 nitrogen and oxygen atoms in total. The summed E-state index contributed by atoms with van der Waals surface area (Å²) in [6.07, 6.45) is 11.0. The SMILES string of the molecule is CCCCCCCCCCCN(NCc1ccccc1)C(=O)OCc1ccccc1. The third kappa shape index (κ3) is 10.4. The zero-order chi connectivity index (χ0) is 21.3. The predicted molar refractivity (Wildman–Crippen MR) is 124 cm³/mol. The Morgan fingerprint density at radius 3 is 1.90 bits per heavy atom. The topological polar surface area (TPSA) is 41.6 Å². The monoisotopic (exact) mass is 410 g/mol. The highest BCUT2D eigenvalue weighted by Crippen LogP contribution is 2.10. The molecule has 0 radical (unpaired) electrons. The van der Waals surface area contributed by atoms with Gasteiger partial charge >= 0.3 is 6.09 Å². The van der Waals surface area contributed by atoms with E-state index in [2.05, 4.69) is 24.5 Å². The van der Waals surface area contributed by atoms with E-state index in [-0.39, 0.29) is 6.09 Å². The van der Waals surface area contributed by atoms with Crippen molar-refractivity contribution in [1.82, 2.24) is 10.4 Å². The van der Waals surface area contributed by atoms with Crippen molar-refractivity contribution in [3.63, 3.8) is 0 Å². The van der Waals surface area contributed by atoms with Gasteiger partial charge in [0.25, 0.3) is 0 Å². The molecule has 164 valence electrons. The Hall–Kier alpha value is -2.33. The summed E-state index contributed by atoms with van der Waals surface area (Å²) in [5, 5.41) is 1.64. The molecule has 0 spiro atoms. The van der Waals surface area contributed by atoms with Crippen LogP contribution in [-0.2, 0) is 17.9 Å². The van der Waals surface area contributed by atoms with E-state index in [1.165, 1.54) is 44.9 Å². The van der Waals surface area contributed by atoms with E-state index in [0.717, 1.165) is 24.0 Å². The number of nitrogens with zero attached hydrogens (tertiary/aromatic N) is 1. The fourth-order valence-corrected chi connectivity index (χ4v) is 3.40. The first-order valence-corrected chi connectivity index (χ1v) is 11.5. The molecule has 30 heavy (non-hydrogen) atoms. The van der Waals surface area contributed by atoms with Gasteiger partial charge in [0.1, 0.15) is 6.61 Å². The fourth-order valence-electron chi connectivity index (χ4n) is 3.40. The maximum Gasteiger partial charge on any atom is 0.424 e. The van der Waals surface area contributed by atoms with Crippen LogP contribution in [0.25, 0.3) is 0 Å². The predicted octanol–water partition coefficient (Wildman–Crippen LogP) is 6.86. The molecule has 0 aliphatic carbocycles. The number of carbonyl (C=O) groups excluding carboxylic acids is 1. The molecule has 2 aromatic carbocycles. The van der Waals surface area contributed by atoms with Crippen LogP contribution in [0.3, 0.4) is 0 Å². The molecular weight excluding hydrogens is 372 g/mol. The number of ether oxygens (including phenoxy) is 1. The second-order valence-corrected chi connectivity index (χ2v) is 7.84. The summed E-state index contributed by atoms with van der Waals surface area (Å²) < 4.78 is 5.54. The maximum absolute atomic E-state index is 12.6. The van der Waals surface area contributed by atoms with Gasteiger partial charge in [-0.2, -0.15) is 0 Å². The zero-order valence-electron chi connectivity index (χ0n) is 18.5. The number of hydrogen-bond donors (Lipinski definition) is 1. The Morgan fingerprint density at radius 1 is 0.767 bits per heavy atom. The van der Waals surface area contributed by atoms with Gasteiger partial charge in [-0.1, -0.05) is 119 Å². The first-order valence-electron chi connectivity index (χ1n) is 11.5. The molecule has 0 bridgehead atoms. The summed E-state index contributed by atoms with van der Waals surface area (Å²) in [6.45, 7) is 3.82.